The highest BCUT2D eigenvalue weighted by Crippen LogP contribution is 2.10. The van der Waals surface area contributed by atoms with Gasteiger partial charge in [-0.2, -0.15) is 5.26 Å². The Labute approximate surface area is 105 Å². The summed E-state index contributed by atoms with van der Waals surface area (Å²) in [6, 6.07) is 7.83. The van der Waals surface area contributed by atoms with Crippen molar-refractivity contribution in [2.45, 2.75) is 17.7 Å². The molecule has 1 rings (SSSR count). The minimum absolute atomic E-state index is 0.0505. The molecule has 2 N–H and O–H groups in total. The summed E-state index contributed by atoms with van der Waals surface area (Å²) in [5.41, 5.74) is 0.724. The molecule has 0 saturated heterocycles. The number of carboxylic acids is 1. The van der Waals surface area contributed by atoms with E-state index in [0.29, 0.717) is 0 Å². The Bertz CT molecular complexity index is 558. The average molecular weight is 268 g/mol. The van der Waals surface area contributed by atoms with E-state index in [1.54, 1.807) is 12.1 Å². The lowest BCUT2D eigenvalue weighted by atomic mass is 10.2. The van der Waals surface area contributed by atoms with Crippen LogP contribution in [-0.4, -0.2) is 26.0 Å². The lowest BCUT2D eigenvalue weighted by Crippen LogP contribution is -2.26. The summed E-state index contributed by atoms with van der Waals surface area (Å²) < 4.78 is 25.6. The van der Waals surface area contributed by atoms with Gasteiger partial charge in [0.05, 0.1) is 23.8 Å². The number of hydrogen-bond donors (Lipinski definition) is 2. The summed E-state index contributed by atoms with van der Waals surface area (Å²) in [5.74, 6) is -1.07. The standard InChI is InChI=1S/C11H12N2O4S/c12-7-5-9-1-3-10(4-2-9)18(16,17)13-8-6-11(14)15/h1-4,13H,5-6,8H2,(H,14,15). The zero-order valence-electron chi connectivity index (χ0n) is 9.46. The van der Waals surface area contributed by atoms with Gasteiger partial charge >= 0.3 is 5.97 Å². The van der Waals surface area contributed by atoms with Crippen LogP contribution >= 0.6 is 0 Å². The van der Waals surface area contributed by atoms with Crippen LogP contribution in [0.5, 0.6) is 0 Å². The second-order valence-corrected chi connectivity index (χ2v) is 5.29. The van der Waals surface area contributed by atoms with Gasteiger partial charge < -0.3 is 5.11 Å². The van der Waals surface area contributed by atoms with E-state index in [0.717, 1.165) is 5.56 Å². The van der Waals surface area contributed by atoms with Crippen molar-refractivity contribution in [1.82, 2.24) is 4.72 Å². The molecule has 7 heteroatoms. The number of rotatable bonds is 6. The number of hydrogen-bond acceptors (Lipinski definition) is 4. The number of nitrogens with zero attached hydrogens (tertiary/aromatic N) is 1. The summed E-state index contributed by atoms with van der Waals surface area (Å²) >= 11 is 0. The Morgan fingerprint density at radius 1 is 1.33 bits per heavy atom. The third-order valence-corrected chi connectivity index (χ3v) is 3.62. The van der Waals surface area contributed by atoms with Crippen molar-refractivity contribution < 1.29 is 18.3 Å². The van der Waals surface area contributed by atoms with E-state index in [-0.39, 0.29) is 24.3 Å². The highest BCUT2D eigenvalue weighted by molar-refractivity contribution is 7.89. The van der Waals surface area contributed by atoms with Crippen molar-refractivity contribution in [2.75, 3.05) is 6.54 Å². The fourth-order valence-corrected chi connectivity index (χ4v) is 2.29. The van der Waals surface area contributed by atoms with Crippen LogP contribution in [0.1, 0.15) is 12.0 Å². The van der Waals surface area contributed by atoms with E-state index in [4.69, 9.17) is 10.4 Å². The first kappa shape index (κ1) is 14.2. The molecule has 18 heavy (non-hydrogen) atoms. The smallest absolute Gasteiger partial charge is 0.304 e. The van der Waals surface area contributed by atoms with Gasteiger partial charge in [-0.25, -0.2) is 13.1 Å². The molecule has 0 aromatic heterocycles. The molecule has 0 aliphatic carbocycles. The van der Waals surface area contributed by atoms with Crippen molar-refractivity contribution in [3.05, 3.63) is 29.8 Å². The van der Waals surface area contributed by atoms with E-state index >= 15 is 0 Å². The second-order valence-electron chi connectivity index (χ2n) is 3.52. The zero-order valence-corrected chi connectivity index (χ0v) is 10.3. The lowest BCUT2D eigenvalue weighted by molar-refractivity contribution is -0.136. The number of nitrogens with one attached hydrogen (secondary N) is 1. The molecule has 0 fully saturated rings. The van der Waals surface area contributed by atoms with Gasteiger partial charge in [-0.15, -0.1) is 0 Å². The zero-order chi connectivity index (χ0) is 13.6. The molecule has 0 atom stereocenters. The van der Waals surface area contributed by atoms with E-state index < -0.39 is 16.0 Å². The van der Waals surface area contributed by atoms with Crippen LogP contribution in [0.25, 0.3) is 0 Å². The Morgan fingerprint density at radius 2 is 1.94 bits per heavy atom. The van der Waals surface area contributed by atoms with Crippen molar-refractivity contribution in [2.24, 2.45) is 0 Å². The number of nitriles is 1. The van der Waals surface area contributed by atoms with Crippen molar-refractivity contribution in [3.63, 3.8) is 0 Å². The highest BCUT2D eigenvalue weighted by Gasteiger charge is 2.13. The molecular formula is C11H12N2O4S. The van der Waals surface area contributed by atoms with Crippen LogP contribution in [0.4, 0.5) is 0 Å². The van der Waals surface area contributed by atoms with Crippen molar-refractivity contribution >= 4 is 16.0 Å². The van der Waals surface area contributed by atoms with Crippen LogP contribution < -0.4 is 4.72 Å². The fraction of sp³-hybridized carbons (Fsp3) is 0.273. The molecule has 0 bridgehead atoms. The van der Waals surface area contributed by atoms with Crippen LogP contribution in [-0.2, 0) is 21.2 Å². The second kappa shape index (κ2) is 6.14. The molecule has 0 saturated carbocycles. The predicted molar refractivity (Wildman–Crippen MR) is 63.2 cm³/mol. The monoisotopic (exact) mass is 268 g/mol. The summed E-state index contributed by atoms with van der Waals surface area (Å²) in [5, 5.41) is 16.9. The van der Waals surface area contributed by atoms with Gasteiger partial charge in [0.25, 0.3) is 0 Å². The number of aliphatic carboxylic acids is 1. The van der Waals surface area contributed by atoms with Gasteiger partial charge in [0.2, 0.25) is 10.0 Å². The van der Waals surface area contributed by atoms with Crippen molar-refractivity contribution in [3.8, 4) is 6.07 Å². The first-order valence-corrected chi connectivity index (χ1v) is 6.61. The Hall–Kier alpha value is -1.91. The molecule has 1 aromatic rings. The summed E-state index contributed by atoms with van der Waals surface area (Å²) in [4.78, 5) is 10.3. The fourth-order valence-electron chi connectivity index (χ4n) is 1.25. The van der Waals surface area contributed by atoms with Crippen LogP contribution in [0, 0.1) is 11.3 Å². The van der Waals surface area contributed by atoms with Gasteiger partial charge in [0.1, 0.15) is 0 Å². The van der Waals surface area contributed by atoms with Gasteiger partial charge in [-0.1, -0.05) is 12.1 Å². The maximum absolute atomic E-state index is 11.7. The minimum atomic E-state index is -3.68. The SMILES string of the molecule is N#CCc1ccc(S(=O)(=O)NCCC(=O)O)cc1. The minimum Gasteiger partial charge on any atom is -0.481 e. The number of benzene rings is 1. The van der Waals surface area contributed by atoms with Crippen LogP contribution in [0.2, 0.25) is 0 Å². The summed E-state index contributed by atoms with van der Waals surface area (Å²) in [6.45, 7) is -0.155. The largest absolute Gasteiger partial charge is 0.481 e. The molecule has 0 aliphatic rings. The summed E-state index contributed by atoms with van der Waals surface area (Å²) in [6.07, 6.45) is -0.0570. The van der Waals surface area contributed by atoms with Gasteiger partial charge in [-0.05, 0) is 17.7 Å². The van der Waals surface area contributed by atoms with Crippen LogP contribution in [0.3, 0.4) is 0 Å². The Kier molecular flexibility index (Phi) is 4.83. The molecule has 96 valence electrons. The molecule has 0 spiro atoms. The van der Waals surface area contributed by atoms with Gasteiger partial charge in [0, 0.05) is 6.54 Å². The van der Waals surface area contributed by atoms with E-state index in [2.05, 4.69) is 4.72 Å². The first-order chi connectivity index (χ1) is 8.45. The van der Waals surface area contributed by atoms with E-state index in [1.165, 1.54) is 12.1 Å². The molecule has 1 aromatic carbocycles. The molecule has 0 amide bonds. The van der Waals surface area contributed by atoms with Crippen molar-refractivity contribution in [1.29, 1.82) is 5.26 Å². The first-order valence-electron chi connectivity index (χ1n) is 5.13. The Morgan fingerprint density at radius 3 is 2.44 bits per heavy atom. The lowest BCUT2D eigenvalue weighted by Gasteiger charge is -2.05. The Balaban J connectivity index is 2.73. The van der Waals surface area contributed by atoms with Crippen LogP contribution in [0.15, 0.2) is 29.2 Å². The third-order valence-electron chi connectivity index (χ3n) is 2.15. The normalized spacial score (nSPS) is 10.8. The maximum Gasteiger partial charge on any atom is 0.304 e. The number of sulfonamides is 1. The molecule has 6 nitrogen and oxygen atoms in total. The molecular weight excluding hydrogens is 256 g/mol. The number of carboxylic acid groups (broad SMARTS) is 1. The number of carbonyl (C=O) groups is 1. The topological polar surface area (TPSA) is 107 Å². The predicted octanol–water partition coefficient (Wildman–Crippen LogP) is 0.506. The average Bonchev–Trinajstić information content (AvgIpc) is 2.29. The van der Waals surface area contributed by atoms with Gasteiger partial charge in [-0.3, -0.25) is 4.79 Å². The highest BCUT2D eigenvalue weighted by atomic mass is 32.2. The molecule has 0 radical (unpaired) electrons. The van der Waals surface area contributed by atoms with E-state index in [1.807, 2.05) is 6.07 Å². The maximum atomic E-state index is 11.7. The summed E-state index contributed by atoms with van der Waals surface area (Å²) in [7, 11) is -3.68. The molecule has 0 aliphatic heterocycles. The quantitative estimate of drug-likeness (QED) is 0.781. The van der Waals surface area contributed by atoms with E-state index in [9.17, 15) is 13.2 Å². The molecule has 0 heterocycles. The molecule has 0 unspecified atom stereocenters. The third kappa shape index (κ3) is 4.16. The van der Waals surface area contributed by atoms with Gasteiger partial charge in [0.15, 0.2) is 0 Å².